The zero-order chi connectivity index (χ0) is 15.0. The number of carbonyl (C=O) groups excluding carboxylic acids is 2. The topological polar surface area (TPSA) is 87.8 Å². The minimum Gasteiger partial charge on any atom is -0.497 e. The zero-order valence-electron chi connectivity index (χ0n) is 11.7. The lowest BCUT2D eigenvalue weighted by Crippen LogP contribution is -2.17. The highest BCUT2D eigenvalue weighted by Crippen LogP contribution is 2.20. The van der Waals surface area contributed by atoms with Crippen LogP contribution in [0.1, 0.15) is 30.1 Å². The number of benzene rings is 1. The van der Waals surface area contributed by atoms with E-state index in [1.54, 1.807) is 6.07 Å². The molecule has 0 heterocycles. The fraction of sp³-hybridized carbons (Fsp3) is 0.429. The first-order valence-corrected chi connectivity index (χ1v) is 6.34. The van der Waals surface area contributed by atoms with Crippen LogP contribution in [-0.4, -0.2) is 32.3 Å². The Balaban J connectivity index is 2.52. The lowest BCUT2D eigenvalue weighted by Gasteiger charge is -2.08. The molecule has 0 aliphatic heterocycles. The molecule has 0 saturated heterocycles. The molecule has 0 amide bonds. The summed E-state index contributed by atoms with van der Waals surface area (Å²) >= 11 is 0. The van der Waals surface area contributed by atoms with E-state index in [0.29, 0.717) is 12.4 Å². The fourth-order valence-electron chi connectivity index (χ4n) is 1.41. The molecule has 0 atom stereocenters. The largest absolute Gasteiger partial charge is 0.497 e. The van der Waals surface area contributed by atoms with E-state index in [9.17, 15) is 9.59 Å². The van der Waals surface area contributed by atoms with Crippen molar-refractivity contribution in [2.45, 2.75) is 19.8 Å². The Bertz CT molecular complexity index is 473. The van der Waals surface area contributed by atoms with Crippen molar-refractivity contribution in [2.24, 2.45) is 0 Å². The second-order valence-electron chi connectivity index (χ2n) is 4.10. The molecule has 6 nitrogen and oxygen atoms in total. The molecular formula is C14H19NO5. The Hall–Kier alpha value is -2.24. The van der Waals surface area contributed by atoms with E-state index in [2.05, 4.69) is 0 Å². The molecule has 1 aromatic rings. The van der Waals surface area contributed by atoms with Crippen LogP contribution in [0.3, 0.4) is 0 Å². The first kappa shape index (κ1) is 15.8. The van der Waals surface area contributed by atoms with Gasteiger partial charge in [-0.05, 0) is 24.6 Å². The van der Waals surface area contributed by atoms with Gasteiger partial charge in [-0.2, -0.15) is 0 Å². The van der Waals surface area contributed by atoms with Crippen molar-refractivity contribution in [1.82, 2.24) is 0 Å². The second kappa shape index (κ2) is 8.04. The van der Waals surface area contributed by atoms with Crippen LogP contribution < -0.4 is 10.5 Å². The number of nitrogen functional groups attached to an aromatic ring is 1. The maximum absolute atomic E-state index is 11.8. The van der Waals surface area contributed by atoms with E-state index >= 15 is 0 Å². The lowest BCUT2D eigenvalue weighted by atomic mass is 10.2. The monoisotopic (exact) mass is 281 g/mol. The average molecular weight is 281 g/mol. The highest BCUT2D eigenvalue weighted by atomic mass is 16.6. The van der Waals surface area contributed by atoms with Crippen molar-refractivity contribution in [1.29, 1.82) is 0 Å². The minimum absolute atomic E-state index is 0.158. The molecule has 0 bridgehead atoms. The zero-order valence-corrected chi connectivity index (χ0v) is 11.7. The summed E-state index contributed by atoms with van der Waals surface area (Å²) in [5.74, 6) is -0.779. The van der Waals surface area contributed by atoms with Gasteiger partial charge in [-0.15, -0.1) is 0 Å². The molecule has 0 spiro atoms. The molecule has 0 saturated carbocycles. The van der Waals surface area contributed by atoms with Crippen LogP contribution in [0, 0.1) is 0 Å². The average Bonchev–Trinajstić information content (AvgIpc) is 2.45. The van der Waals surface area contributed by atoms with E-state index in [4.69, 9.17) is 19.9 Å². The maximum Gasteiger partial charge on any atom is 0.344 e. The van der Waals surface area contributed by atoms with Crippen molar-refractivity contribution < 1.29 is 23.8 Å². The van der Waals surface area contributed by atoms with Crippen LogP contribution in [0.25, 0.3) is 0 Å². The number of nitrogens with two attached hydrogens (primary N) is 1. The number of carbonyl (C=O) groups is 2. The second-order valence-corrected chi connectivity index (χ2v) is 4.10. The van der Waals surface area contributed by atoms with E-state index in [0.717, 1.165) is 12.8 Å². The molecule has 0 aliphatic rings. The molecule has 0 fully saturated rings. The molecule has 1 rings (SSSR count). The van der Waals surface area contributed by atoms with Crippen molar-refractivity contribution in [3.05, 3.63) is 23.8 Å². The van der Waals surface area contributed by atoms with Gasteiger partial charge in [-0.25, -0.2) is 9.59 Å². The highest BCUT2D eigenvalue weighted by Gasteiger charge is 2.14. The summed E-state index contributed by atoms with van der Waals surface area (Å²) in [5, 5.41) is 0. The molecular weight excluding hydrogens is 262 g/mol. The molecule has 1 aromatic carbocycles. The van der Waals surface area contributed by atoms with Gasteiger partial charge in [0.15, 0.2) is 6.61 Å². The van der Waals surface area contributed by atoms with Crippen LogP contribution in [0.5, 0.6) is 5.75 Å². The molecule has 0 aromatic heterocycles. The third-order valence-corrected chi connectivity index (χ3v) is 2.56. The number of hydrogen-bond donors (Lipinski definition) is 1. The highest BCUT2D eigenvalue weighted by molar-refractivity contribution is 5.96. The van der Waals surface area contributed by atoms with Crippen molar-refractivity contribution in [3.8, 4) is 5.75 Å². The van der Waals surface area contributed by atoms with Gasteiger partial charge in [0.05, 0.1) is 19.3 Å². The van der Waals surface area contributed by atoms with Gasteiger partial charge < -0.3 is 19.9 Å². The molecule has 6 heteroatoms. The normalized spacial score (nSPS) is 9.90. The van der Waals surface area contributed by atoms with E-state index in [-0.39, 0.29) is 11.3 Å². The first-order chi connectivity index (χ1) is 9.58. The Labute approximate surface area is 117 Å². The molecule has 0 aliphatic carbocycles. The van der Waals surface area contributed by atoms with Crippen LogP contribution in [-0.2, 0) is 14.3 Å². The smallest absolute Gasteiger partial charge is 0.344 e. The summed E-state index contributed by atoms with van der Waals surface area (Å²) < 4.78 is 14.7. The van der Waals surface area contributed by atoms with Crippen LogP contribution in [0.4, 0.5) is 5.69 Å². The summed E-state index contributed by atoms with van der Waals surface area (Å²) in [4.78, 5) is 23.1. The van der Waals surface area contributed by atoms with Gasteiger partial charge in [0.25, 0.3) is 0 Å². The standard InChI is InChI=1S/C14H19NO5/c1-3-4-7-19-13(16)9-20-14(17)11-8-10(18-2)5-6-12(11)15/h5-6,8H,3-4,7,9,15H2,1-2H3. The molecule has 20 heavy (non-hydrogen) atoms. The number of unbranched alkanes of at least 4 members (excludes halogenated alkanes) is 1. The number of methoxy groups -OCH3 is 1. The molecule has 110 valence electrons. The number of ether oxygens (including phenoxy) is 3. The molecule has 2 N–H and O–H groups in total. The predicted molar refractivity (Wildman–Crippen MR) is 73.6 cm³/mol. The van der Waals surface area contributed by atoms with Gasteiger partial charge in [-0.3, -0.25) is 0 Å². The SMILES string of the molecule is CCCCOC(=O)COC(=O)c1cc(OC)ccc1N. The van der Waals surface area contributed by atoms with E-state index < -0.39 is 18.5 Å². The first-order valence-electron chi connectivity index (χ1n) is 6.34. The van der Waals surface area contributed by atoms with Crippen LogP contribution >= 0.6 is 0 Å². The third kappa shape index (κ3) is 4.79. The van der Waals surface area contributed by atoms with Crippen LogP contribution in [0.15, 0.2) is 18.2 Å². The van der Waals surface area contributed by atoms with Crippen molar-refractivity contribution in [3.63, 3.8) is 0 Å². The number of esters is 2. The van der Waals surface area contributed by atoms with Gasteiger partial charge in [-0.1, -0.05) is 13.3 Å². The van der Waals surface area contributed by atoms with Crippen LogP contribution in [0.2, 0.25) is 0 Å². The Morgan fingerprint density at radius 2 is 2.00 bits per heavy atom. The Morgan fingerprint density at radius 1 is 1.25 bits per heavy atom. The van der Waals surface area contributed by atoms with E-state index in [1.165, 1.54) is 19.2 Å². The van der Waals surface area contributed by atoms with E-state index in [1.807, 2.05) is 6.92 Å². The number of rotatable bonds is 7. The quantitative estimate of drug-likeness (QED) is 0.465. The molecule has 0 radical (unpaired) electrons. The van der Waals surface area contributed by atoms with Crippen molar-refractivity contribution >= 4 is 17.6 Å². The lowest BCUT2D eigenvalue weighted by molar-refractivity contribution is -0.147. The van der Waals surface area contributed by atoms with Crippen molar-refractivity contribution in [2.75, 3.05) is 26.1 Å². The van der Waals surface area contributed by atoms with Gasteiger partial charge >= 0.3 is 11.9 Å². The Kier molecular flexibility index (Phi) is 6.36. The predicted octanol–water partition coefficient (Wildman–Crippen LogP) is 1.78. The summed E-state index contributed by atoms with van der Waals surface area (Å²) in [6.45, 7) is 1.88. The molecule has 0 unspecified atom stereocenters. The van der Waals surface area contributed by atoms with Gasteiger partial charge in [0.1, 0.15) is 5.75 Å². The van der Waals surface area contributed by atoms with Gasteiger partial charge in [0, 0.05) is 5.69 Å². The fourth-order valence-corrected chi connectivity index (χ4v) is 1.41. The third-order valence-electron chi connectivity index (χ3n) is 2.56. The minimum atomic E-state index is -0.686. The number of anilines is 1. The summed E-state index contributed by atoms with van der Waals surface area (Å²) in [7, 11) is 1.48. The number of hydrogen-bond acceptors (Lipinski definition) is 6. The summed E-state index contributed by atoms with van der Waals surface area (Å²) in [6.07, 6.45) is 1.70. The summed E-state index contributed by atoms with van der Waals surface area (Å²) in [6, 6.07) is 4.63. The maximum atomic E-state index is 11.8. The summed E-state index contributed by atoms with van der Waals surface area (Å²) in [5.41, 5.74) is 6.09. The van der Waals surface area contributed by atoms with Gasteiger partial charge in [0.2, 0.25) is 0 Å². The Morgan fingerprint density at radius 3 is 2.65 bits per heavy atom.